The molecule has 1 aromatic rings. The third-order valence-corrected chi connectivity index (χ3v) is 4.04. The minimum Gasteiger partial charge on any atom is -0.478 e. The Kier molecular flexibility index (Phi) is 5.65. The highest BCUT2D eigenvalue weighted by Gasteiger charge is 2.24. The molecule has 1 amide bonds. The van der Waals surface area contributed by atoms with E-state index in [1.54, 1.807) is 0 Å². The number of carboxylic acids is 1. The van der Waals surface area contributed by atoms with Crippen LogP contribution in [-0.4, -0.2) is 17.0 Å². The van der Waals surface area contributed by atoms with Gasteiger partial charge in [-0.25, -0.2) is 4.79 Å². The van der Waals surface area contributed by atoms with E-state index in [9.17, 15) is 9.59 Å². The number of nitrogens with one attached hydrogen (secondary N) is 1. The first-order valence-electron chi connectivity index (χ1n) is 6.54. The summed E-state index contributed by atoms with van der Waals surface area (Å²) in [5, 5.41) is 12.1. The van der Waals surface area contributed by atoms with Gasteiger partial charge in [-0.2, -0.15) is 0 Å². The maximum atomic E-state index is 12.1. The Labute approximate surface area is 134 Å². The second kappa shape index (κ2) is 6.67. The molecule has 0 heterocycles. The smallest absolute Gasteiger partial charge is 0.337 e. The Bertz CT molecular complexity index is 565. The number of rotatable bonds is 4. The number of carbonyl (C=O) groups is 2. The fraction of sp³-hybridized carbons (Fsp3) is 0.467. The van der Waals surface area contributed by atoms with Crippen molar-refractivity contribution in [3.8, 4) is 0 Å². The molecule has 6 heteroatoms. The Morgan fingerprint density at radius 3 is 2.33 bits per heavy atom. The first kappa shape index (κ1) is 17.8. The van der Waals surface area contributed by atoms with Gasteiger partial charge in [-0.15, -0.1) is 0 Å². The summed E-state index contributed by atoms with van der Waals surface area (Å²) in [6.45, 7) is 8.11. The van der Waals surface area contributed by atoms with Crippen molar-refractivity contribution in [3.63, 3.8) is 0 Å². The average Bonchev–Trinajstić information content (AvgIpc) is 2.30. The minimum absolute atomic E-state index is 0.0171. The summed E-state index contributed by atoms with van der Waals surface area (Å²) in [4.78, 5) is 23.3. The van der Waals surface area contributed by atoms with Crippen molar-refractivity contribution in [1.29, 1.82) is 0 Å². The van der Waals surface area contributed by atoms with Gasteiger partial charge in [-0.1, -0.05) is 50.9 Å². The van der Waals surface area contributed by atoms with E-state index in [-0.39, 0.29) is 45.0 Å². The number of aromatic carboxylic acids is 1. The summed E-state index contributed by atoms with van der Waals surface area (Å²) in [5.74, 6) is -1.33. The number of hydrogen-bond acceptors (Lipinski definition) is 2. The number of carboxylic acid groups (broad SMARTS) is 1. The van der Waals surface area contributed by atoms with Gasteiger partial charge in [0.1, 0.15) is 0 Å². The zero-order valence-electron chi connectivity index (χ0n) is 12.5. The van der Waals surface area contributed by atoms with Crippen LogP contribution in [0.4, 0.5) is 5.69 Å². The maximum Gasteiger partial charge on any atom is 0.337 e. The van der Waals surface area contributed by atoms with E-state index in [0.29, 0.717) is 0 Å². The normalized spacial score (nSPS) is 12.9. The van der Waals surface area contributed by atoms with Gasteiger partial charge < -0.3 is 10.4 Å². The van der Waals surface area contributed by atoms with E-state index in [1.807, 2.05) is 27.7 Å². The third-order valence-electron chi connectivity index (χ3n) is 3.52. The van der Waals surface area contributed by atoms with Crippen molar-refractivity contribution in [1.82, 2.24) is 0 Å². The molecule has 21 heavy (non-hydrogen) atoms. The molecule has 1 rings (SSSR count). The summed E-state index contributed by atoms with van der Waals surface area (Å²) in [5.41, 5.74) is -0.0551. The van der Waals surface area contributed by atoms with Crippen molar-refractivity contribution in [2.75, 3.05) is 5.32 Å². The quantitative estimate of drug-likeness (QED) is 0.840. The number of benzene rings is 1. The minimum atomic E-state index is -1.20. The highest BCUT2D eigenvalue weighted by atomic mass is 35.5. The predicted octanol–water partition coefficient (Wildman–Crippen LogP) is 4.70. The van der Waals surface area contributed by atoms with Gasteiger partial charge in [0, 0.05) is 11.4 Å². The second-order valence-corrected chi connectivity index (χ2v) is 6.98. The third kappa shape index (κ3) is 4.90. The van der Waals surface area contributed by atoms with Crippen LogP contribution >= 0.6 is 23.2 Å². The molecule has 0 aliphatic rings. The topological polar surface area (TPSA) is 66.4 Å². The monoisotopic (exact) mass is 331 g/mol. The van der Waals surface area contributed by atoms with Crippen LogP contribution in [0.15, 0.2) is 12.1 Å². The molecule has 0 fully saturated rings. The fourth-order valence-electron chi connectivity index (χ4n) is 1.64. The van der Waals surface area contributed by atoms with Gasteiger partial charge in [0.05, 0.1) is 16.3 Å². The first-order chi connectivity index (χ1) is 9.52. The van der Waals surface area contributed by atoms with Gasteiger partial charge >= 0.3 is 5.97 Å². The molecule has 0 saturated heterocycles. The van der Waals surface area contributed by atoms with Gasteiger partial charge in [0.25, 0.3) is 0 Å². The largest absolute Gasteiger partial charge is 0.478 e. The molecule has 0 saturated carbocycles. The zero-order chi connectivity index (χ0) is 16.4. The SMILES string of the molecule is CC(CC(=O)Nc1c(Cl)cc(Cl)cc1C(=O)O)C(C)(C)C. The van der Waals surface area contributed by atoms with Crippen LogP contribution in [0.25, 0.3) is 0 Å². The van der Waals surface area contributed by atoms with Crippen LogP contribution < -0.4 is 5.32 Å². The molecule has 2 N–H and O–H groups in total. The molecule has 1 atom stereocenters. The number of halogens is 2. The zero-order valence-corrected chi connectivity index (χ0v) is 14.0. The summed E-state index contributed by atoms with van der Waals surface area (Å²) in [7, 11) is 0. The summed E-state index contributed by atoms with van der Waals surface area (Å²) in [6.07, 6.45) is 0.279. The van der Waals surface area contributed by atoms with Crippen molar-refractivity contribution >= 4 is 40.8 Å². The van der Waals surface area contributed by atoms with Crippen molar-refractivity contribution in [2.24, 2.45) is 11.3 Å². The molecular weight excluding hydrogens is 313 g/mol. The summed E-state index contributed by atoms with van der Waals surface area (Å²) in [6, 6.07) is 2.66. The summed E-state index contributed by atoms with van der Waals surface area (Å²) < 4.78 is 0. The molecule has 0 radical (unpaired) electrons. The second-order valence-electron chi connectivity index (χ2n) is 6.13. The molecule has 4 nitrogen and oxygen atoms in total. The van der Waals surface area contributed by atoms with Gasteiger partial charge in [0.15, 0.2) is 0 Å². The fourth-order valence-corrected chi connectivity index (χ4v) is 2.18. The van der Waals surface area contributed by atoms with Crippen molar-refractivity contribution < 1.29 is 14.7 Å². The van der Waals surface area contributed by atoms with E-state index in [1.165, 1.54) is 12.1 Å². The van der Waals surface area contributed by atoms with Crippen molar-refractivity contribution in [2.45, 2.75) is 34.1 Å². The number of anilines is 1. The standard InChI is InChI=1S/C15H19Cl2NO3/c1-8(15(2,3)4)5-12(19)18-13-10(14(20)21)6-9(16)7-11(13)17/h6-8H,5H2,1-4H3,(H,18,19)(H,20,21). The highest BCUT2D eigenvalue weighted by Crippen LogP contribution is 2.32. The van der Waals surface area contributed by atoms with Crippen LogP contribution in [0.2, 0.25) is 10.0 Å². The lowest BCUT2D eigenvalue weighted by atomic mass is 9.80. The van der Waals surface area contributed by atoms with Gasteiger partial charge in [-0.05, 0) is 23.5 Å². The van der Waals surface area contributed by atoms with Crippen LogP contribution in [0.1, 0.15) is 44.5 Å². The first-order valence-corrected chi connectivity index (χ1v) is 7.30. The van der Waals surface area contributed by atoms with E-state index < -0.39 is 5.97 Å². The number of hydrogen-bond donors (Lipinski definition) is 2. The lowest BCUT2D eigenvalue weighted by molar-refractivity contribution is -0.117. The molecule has 0 spiro atoms. The molecular formula is C15H19Cl2NO3. The predicted molar refractivity (Wildman–Crippen MR) is 85.3 cm³/mol. The van der Waals surface area contributed by atoms with Crippen LogP contribution in [0.3, 0.4) is 0 Å². The van der Waals surface area contributed by atoms with Crippen LogP contribution in [-0.2, 0) is 4.79 Å². The van der Waals surface area contributed by atoms with Gasteiger partial charge in [-0.3, -0.25) is 4.79 Å². The molecule has 1 aromatic carbocycles. The van der Waals surface area contributed by atoms with Crippen LogP contribution in [0, 0.1) is 11.3 Å². The Morgan fingerprint density at radius 1 is 1.29 bits per heavy atom. The van der Waals surface area contributed by atoms with E-state index in [4.69, 9.17) is 28.3 Å². The number of amides is 1. The Morgan fingerprint density at radius 2 is 1.86 bits per heavy atom. The van der Waals surface area contributed by atoms with Crippen LogP contribution in [0.5, 0.6) is 0 Å². The number of carbonyl (C=O) groups excluding carboxylic acids is 1. The van der Waals surface area contributed by atoms with E-state index in [2.05, 4.69) is 5.32 Å². The van der Waals surface area contributed by atoms with Crippen molar-refractivity contribution in [3.05, 3.63) is 27.7 Å². The Hall–Kier alpha value is -1.26. The lowest BCUT2D eigenvalue weighted by Crippen LogP contribution is -2.24. The molecule has 116 valence electrons. The maximum absolute atomic E-state index is 12.1. The van der Waals surface area contributed by atoms with E-state index in [0.717, 1.165) is 0 Å². The molecule has 1 unspecified atom stereocenters. The molecule has 0 bridgehead atoms. The average molecular weight is 332 g/mol. The Balaban J connectivity index is 2.98. The lowest BCUT2D eigenvalue weighted by Gasteiger charge is -2.26. The summed E-state index contributed by atoms with van der Waals surface area (Å²) >= 11 is 11.8. The van der Waals surface area contributed by atoms with Gasteiger partial charge in [0.2, 0.25) is 5.91 Å². The highest BCUT2D eigenvalue weighted by molar-refractivity contribution is 6.37. The molecule has 0 aliphatic carbocycles. The molecule has 0 aromatic heterocycles. The molecule has 0 aliphatic heterocycles. The van der Waals surface area contributed by atoms with E-state index >= 15 is 0 Å².